The Morgan fingerprint density at radius 2 is 1.78 bits per heavy atom. The second-order valence-corrected chi connectivity index (χ2v) is 5.12. The quantitative estimate of drug-likeness (QED) is 0.788. The zero-order valence-corrected chi connectivity index (χ0v) is 10.7. The number of benzene rings is 1. The summed E-state index contributed by atoms with van der Waals surface area (Å²) >= 11 is 0. The third-order valence-electron chi connectivity index (χ3n) is 3.53. The van der Waals surface area contributed by atoms with Crippen LogP contribution >= 0.6 is 0 Å². The molecule has 3 heteroatoms. The van der Waals surface area contributed by atoms with Crippen LogP contribution in [0, 0.1) is 0 Å². The summed E-state index contributed by atoms with van der Waals surface area (Å²) in [6, 6.07) is 9.93. The van der Waals surface area contributed by atoms with Gasteiger partial charge in [-0.2, -0.15) is 0 Å². The van der Waals surface area contributed by atoms with Crippen molar-refractivity contribution in [2.45, 2.75) is 50.4 Å². The molecule has 0 aliphatic heterocycles. The fourth-order valence-corrected chi connectivity index (χ4v) is 2.55. The van der Waals surface area contributed by atoms with Crippen molar-refractivity contribution in [3.8, 4) is 0 Å². The topological polar surface area (TPSA) is 49.7 Å². The van der Waals surface area contributed by atoms with Crippen molar-refractivity contribution in [1.82, 2.24) is 0 Å². The second-order valence-electron chi connectivity index (χ2n) is 5.12. The van der Waals surface area contributed by atoms with E-state index >= 15 is 0 Å². The molecule has 2 N–H and O–H groups in total. The van der Waals surface area contributed by atoms with E-state index in [1.807, 2.05) is 30.3 Å². The summed E-state index contributed by atoms with van der Waals surface area (Å²) in [5, 5.41) is 19.7. The molecule has 1 aliphatic rings. The predicted molar refractivity (Wildman–Crippen MR) is 70.1 cm³/mol. The van der Waals surface area contributed by atoms with E-state index in [0.717, 1.165) is 24.8 Å². The molecule has 1 atom stereocenters. The van der Waals surface area contributed by atoms with Crippen molar-refractivity contribution in [1.29, 1.82) is 0 Å². The lowest BCUT2D eigenvalue weighted by Crippen LogP contribution is -2.40. The van der Waals surface area contributed by atoms with Crippen LogP contribution in [-0.2, 0) is 11.2 Å². The molecule has 1 fully saturated rings. The van der Waals surface area contributed by atoms with Crippen LogP contribution in [0.1, 0.15) is 37.7 Å². The molecule has 1 aliphatic carbocycles. The first-order chi connectivity index (χ1) is 8.72. The first kappa shape index (κ1) is 13.5. The molecule has 0 aromatic heterocycles. The molecular formula is C15H22O3. The van der Waals surface area contributed by atoms with Crippen LogP contribution < -0.4 is 0 Å². The molecular weight excluding hydrogens is 228 g/mol. The summed E-state index contributed by atoms with van der Waals surface area (Å²) in [6.45, 7) is -0.0583. The minimum Gasteiger partial charge on any atom is -0.394 e. The van der Waals surface area contributed by atoms with Crippen molar-refractivity contribution < 1.29 is 14.9 Å². The van der Waals surface area contributed by atoms with Crippen LogP contribution in [0.4, 0.5) is 0 Å². The molecule has 0 amide bonds. The van der Waals surface area contributed by atoms with Gasteiger partial charge in [0.1, 0.15) is 0 Å². The van der Waals surface area contributed by atoms with Gasteiger partial charge in [-0.1, -0.05) is 36.8 Å². The fourth-order valence-electron chi connectivity index (χ4n) is 2.55. The molecule has 0 unspecified atom stereocenters. The Labute approximate surface area is 108 Å². The van der Waals surface area contributed by atoms with E-state index in [1.165, 1.54) is 0 Å². The fraction of sp³-hybridized carbons (Fsp3) is 0.600. The Morgan fingerprint density at radius 3 is 2.39 bits per heavy atom. The number of aliphatic hydroxyl groups is 2. The van der Waals surface area contributed by atoms with E-state index in [2.05, 4.69) is 0 Å². The second kappa shape index (κ2) is 6.32. The van der Waals surface area contributed by atoms with Crippen LogP contribution in [0.5, 0.6) is 0 Å². The molecule has 1 aromatic carbocycles. The van der Waals surface area contributed by atoms with Crippen LogP contribution in [0.3, 0.4) is 0 Å². The normalized spacial score (nSPS) is 20.6. The molecule has 0 saturated heterocycles. The lowest BCUT2D eigenvalue weighted by Gasteiger charge is -2.35. The van der Waals surface area contributed by atoms with Crippen molar-refractivity contribution in [2.24, 2.45) is 0 Å². The summed E-state index contributed by atoms with van der Waals surface area (Å²) in [7, 11) is 0. The highest BCUT2D eigenvalue weighted by atomic mass is 16.6. The molecule has 0 radical (unpaired) electrons. The van der Waals surface area contributed by atoms with Crippen molar-refractivity contribution in [3.63, 3.8) is 0 Å². The van der Waals surface area contributed by atoms with Gasteiger partial charge < -0.3 is 14.9 Å². The molecule has 1 saturated carbocycles. The summed E-state index contributed by atoms with van der Waals surface area (Å²) in [4.78, 5) is 0. The molecule has 3 nitrogen and oxygen atoms in total. The maximum absolute atomic E-state index is 10.3. The SMILES string of the molecule is OC[C@@H](Cc1ccccc1)OC1(O)CCCCC1. The maximum Gasteiger partial charge on any atom is 0.165 e. The minimum atomic E-state index is -1.03. The predicted octanol–water partition coefficient (Wildman–Crippen LogP) is 2.26. The molecule has 100 valence electrons. The average molecular weight is 250 g/mol. The highest BCUT2D eigenvalue weighted by molar-refractivity contribution is 5.15. The maximum atomic E-state index is 10.3. The van der Waals surface area contributed by atoms with E-state index in [1.54, 1.807) is 0 Å². The van der Waals surface area contributed by atoms with Gasteiger partial charge in [-0.3, -0.25) is 0 Å². The van der Waals surface area contributed by atoms with Crippen LogP contribution in [0.25, 0.3) is 0 Å². The number of ether oxygens (including phenoxy) is 1. The summed E-state index contributed by atoms with van der Waals surface area (Å²) < 4.78 is 5.74. The van der Waals surface area contributed by atoms with Gasteiger partial charge in [-0.05, 0) is 18.4 Å². The Balaban J connectivity index is 1.92. The number of aliphatic hydroxyl groups excluding tert-OH is 1. The smallest absolute Gasteiger partial charge is 0.165 e. The Kier molecular flexibility index (Phi) is 4.75. The number of rotatable bonds is 5. The third-order valence-corrected chi connectivity index (χ3v) is 3.53. The van der Waals surface area contributed by atoms with Gasteiger partial charge in [0.2, 0.25) is 0 Å². The molecule has 0 heterocycles. The standard InChI is InChI=1S/C15H22O3/c16-12-14(11-13-7-3-1-4-8-13)18-15(17)9-5-2-6-10-15/h1,3-4,7-8,14,16-17H,2,5-6,9-12H2/t14-/m1/s1. The van der Waals surface area contributed by atoms with Crippen molar-refractivity contribution in [3.05, 3.63) is 35.9 Å². The van der Waals surface area contributed by atoms with E-state index in [-0.39, 0.29) is 12.7 Å². The molecule has 18 heavy (non-hydrogen) atoms. The van der Waals surface area contributed by atoms with Gasteiger partial charge in [-0.15, -0.1) is 0 Å². The van der Waals surface area contributed by atoms with Gasteiger partial charge in [0, 0.05) is 19.3 Å². The zero-order chi connectivity index (χ0) is 12.8. The van der Waals surface area contributed by atoms with Gasteiger partial charge in [-0.25, -0.2) is 0 Å². The van der Waals surface area contributed by atoms with Gasteiger partial charge in [0.25, 0.3) is 0 Å². The monoisotopic (exact) mass is 250 g/mol. The summed E-state index contributed by atoms with van der Waals surface area (Å²) in [5.74, 6) is -1.03. The summed E-state index contributed by atoms with van der Waals surface area (Å²) in [6.07, 6.45) is 4.83. The molecule has 0 bridgehead atoms. The van der Waals surface area contributed by atoms with E-state index < -0.39 is 5.79 Å². The average Bonchev–Trinajstić information content (AvgIpc) is 2.40. The van der Waals surface area contributed by atoms with Crippen molar-refractivity contribution >= 4 is 0 Å². The molecule has 1 aromatic rings. The largest absolute Gasteiger partial charge is 0.394 e. The Hall–Kier alpha value is -0.900. The van der Waals surface area contributed by atoms with Crippen LogP contribution in [0.15, 0.2) is 30.3 Å². The minimum absolute atomic E-state index is 0.0583. The van der Waals surface area contributed by atoms with E-state index in [0.29, 0.717) is 19.3 Å². The third kappa shape index (κ3) is 3.80. The highest BCUT2D eigenvalue weighted by Crippen LogP contribution is 2.30. The summed E-state index contributed by atoms with van der Waals surface area (Å²) in [5.41, 5.74) is 1.12. The lowest BCUT2D eigenvalue weighted by atomic mass is 9.94. The Bertz CT molecular complexity index is 344. The Morgan fingerprint density at radius 1 is 1.11 bits per heavy atom. The first-order valence-corrected chi connectivity index (χ1v) is 6.77. The van der Waals surface area contributed by atoms with Gasteiger partial charge in [0.05, 0.1) is 12.7 Å². The van der Waals surface area contributed by atoms with Crippen molar-refractivity contribution in [2.75, 3.05) is 6.61 Å². The molecule has 0 spiro atoms. The van der Waals surface area contributed by atoms with Crippen LogP contribution in [-0.4, -0.2) is 28.7 Å². The highest BCUT2D eigenvalue weighted by Gasteiger charge is 2.32. The lowest BCUT2D eigenvalue weighted by molar-refractivity contribution is -0.249. The zero-order valence-electron chi connectivity index (χ0n) is 10.7. The number of hydrogen-bond donors (Lipinski definition) is 2. The van der Waals surface area contributed by atoms with E-state index in [4.69, 9.17) is 4.74 Å². The van der Waals surface area contributed by atoms with E-state index in [9.17, 15) is 10.2 Å². The van der Waals surface area contributed by atoms with Gasteiger partial charge >= 0.3 is 0 Å². The van der Waals surface area contributed by atoms with Gasteiger partial charge in [0.15, 0.2) is 5.79 Å². The molecule has 2 rings (SSSR count). The number of hydrogen-bond acceptors (Lipinski definition) is 3. The van der Waals surface area contributed by atoms with Crippen LogP contribution in [0.2, 0.25) is 0 Å². The first-order valence-electron chi connectivity index (χ1n) is 6.77.